The summed E-state index contributed by atoms with van der Waals surface area (Å²) in [7, 11) is 3.20. The Hall–Kier alpha value is -4.25. The number of hydrogen-bond donors (Lipinski definition) is 1. The van der Waals surface area contributed by atoms with Crippen LogP contribution >= 0.6 is 11.8 Å². The van der Waals surface area contributed by atoms with Gasteiger partial charge in [-0.05, 0) is 54.3 Å². The van der Waals surface area contributed by atoms with E-state index in [0.717, 1.165) is 11.3 Å². The van der Waals surface area contributed by atoms with Gasteiger partial charge in [0.05, 0.1) is 38.0 Å². The zero-order valence-electron chi connectivity index (χ0n) is 23.5. The molecule has 0 radical (unpaired) electrons. The maximum absolute atomic E-state index is 13.9. The molecule has 3 aliphatic rings. The summed E-state index contributed by atoms with van der Waals surface area (Å²) in [4.78, 5) is 49.3. The highest BCUT2D eigenvalue weighted by Gasteiger charge is 2.41. The Kier molecular flexibility index (Phi) is 8.34. The van der Waals surface area contributed by atoms with E-state index in [-0.39, 0.29) is 24.1 Å². The molecule has 3 heterocycles. The minimum atomic E-state index is -0.528. The first-order valence-electron chi connectivity index (χ1n) is 13.4. The van der Waals surface area contributed by atoms with Crippen LogP contribution in [0.3, 0.4) is 0 Å². The minimum Gasteiger partial charge on any atom is -0.497 e. The second kappa shape index (κ2) is 12.1. The van der Waals surface area contributed by atoms with Crippen molar-refractivity contribution in [3.8, 4) is 11.5 Å². The van der Waals surface area contributed by atoms with Crippen LogP contribution in [0.5, 0.6) is 11.5 Å². The summed E-state index contributed by atoms with van der Waals surface area (Å²) in [5.74, 6) is 1.06. The minimum absolute atomic E-state index is 0.0184. The number of thioether (sulfide) groups is 1. The third-order valence-electron chi connectivity index (χ3n) is 7.41. The molecule has 41 heavy (non-hydrogen) atoms. The Morgan fingerprint density at radius 2 is 1.66 bits per heavy atom. The maximum Gasteiger partial charge on any atom is 0.255 e. The lowest BCUT2D eigenvalue weighted by atomic mass is 9.93. The van der Waals surface area contributed by atoms with Gasteiger partial charge in [-0.15, -0.1) is 0 Å². The van der Waals surface area contributed by atoms with E-state index in [9.17, 15) is 14.4 Å². The quantitative estimate of drug-likeness (QED) is 0.532. The van der Waals surface area contributed by atoms with E-state index in [1.807, 2.05) is 41.5 Å². The summed E-state index contributed by atoms with van der Waals surface area (Å²) in [5, 5.41) is 5.66. The van der Waals surface area contributed by atoms with Crippen LogP contribution in [-0.2, 0) is 14.4 Å². The fourth-order valence-corrected chi connectivity index (χ4v) is 6.16. The molecule has 214 valence electrons. The lowest BCUT2D eigenvalue weighted by Gasteiger charge is -2.38. The van der Waals surface area contributed by atoms with Crippen LogP contribution in [0, 0.1) is 0 Å². The van der Waals surface area contributed by atoms with Crippen molar-refractivity contribution in [2.75, 3.05) is 45.7 Å². The normalized spacial score (nSPS) is 18.4. The lowest BCUT2D eigenvalue weighted by molar-refractivity contribution is -0.138. The van der Waals surface area contributed by atoms with Gasteiger partial charge in [0.2, 0.25) is 11.8 Å². The molecule has 1 atom stereocenters. The average molecular weight is 576 g/mol. The van der Waals surface area contributed by atoms with Gasteiger partial charge in [-0.25, -0.2) is 4.99 Å². The van der Waals surface area contributed by atoms with Gasteiger partial charge in [0, 0.05) is 44.5 Å². The largest absolute Gasteiger partial charge is 0.497 e. The van der Waals surface area contributed by atoms with Gasteiger partial charge in [0.15, 0.2) is 5.17 Å². The zero-order valence-corrected chi connectivity index (χ0v) is 24.4. The third-order valence-corrected chi connectivity index (χ3v) is 8.30. The number of fused-ring (bicyclic) bond motifs is 1. The number of benzene rings is 2. The molecule has 2 aromatic carbocycles. The van der Waals surface area contributed by atoms with E-state index in [1.165, 1.54) is 11.8 Å². The van der Waals surface area contributed by atoms with Crippen LogP contribution in [0.2, 0.25) is 0 Å². The van der Waals surface area contributed by atoms with Crippen LogP contribution in [0.4, 0.5) is 5.69 Å². The van der Waals surface area contributed by atoms with Gasteiger partial charge in [0.1, 0.15) is 11.5 Å². The van der Waals surface area contributed by atoms with Crippen molar-refractivity contribution in [2.45, 2.75) is 26.3 Å². The fourth-order valence-electron chi connectivity index (χ4n) is 5.20. The first-order valence-corrected chi connectivity index (χ1v) is 14.2. The van der Waals surface area contributed by atoms with Crippen LogP contribution in [0.1, 0.15) is 31.9 Å². The van der Waals surface area contributed by atoms with Gasteiger partial charge < -0.3 is 29.5 Å². The van der Waals surface area contributed by atoms with E-state index in [1.54, 1.807) is 55.2 Å². The Morgan fingerprint density at radius 1 is 0.976 bits per heavy atom. The van der Waals surface area contributed by atoms with Crippen LogP contribution < -0.4 is 14.8 Å². The summed E-state index contributed by atoms with van der Waals surface area (Å²) >= 11 is 1.44. The molecule has 2 aromatic rings. The molecule has 0 bridgehead atoms. The van der Waals surface area contributed by atoms with E-state index in [2.05, 4.69) is 5.32 Å². The number of hydrogen-bond acceptors (Lipinski definition) is 8. The molecule has 5 rings (SSSR count). The Bertz CT molecular complexity index is 1440. The number of allylic oxidation sites excluding steroid dienone is 1. The molecule has 10 nitrogen and oxygen atoms in total. The summed E-state index contributed by atoms with van der Waals surface area (Å²) in [5.41, 5.74) is 3.31. The summed E-state index contributed by atoms with van der Waals surface area (Å²) < 4.78 is 10.7. The molecule has 3 aliphatic heterocycles. The Balaban J connectivity index is 1.44. The second-order valence-corrected chi connectivity index (χ2v) is 10.8. The number of carbonyl (C=O) groups is 3. The molecule has 0 aliphatic carbocycles. The SMILES string of the molecule is COc1ccc(NC(=O)C2=C(C)N=C3SC=C(CC(=O)N4CCN(C(C)=O)CC4)N3[C@@H]2c2cccc(OC)c2)cc1. The predicted molar refractivity (Wildman–Crippen MR) is 158 cm³/mol. The molecule has 11 heteroatoms. The number of carbonyl (C=O) groups excluding carboxylic acids is 3. The number of piperazine rings is 1. The first-order chi connectivity index (χ1) is 19.8. The van der Waals surface area contributed by atoms with Gasteiger partial charge >= 0.3 is 0 Å². The number of anilines is 1. The van der Waals surface area contributed by atoms with Gasteiger partial charge in [-0.3, -0.25) is 14.4 Å². The predicted octanol–water partition coefficient (Wildman–Crippen LogP) is 4.00. The highest BCUT2D eigenvalue weighted by molar-refractivity contribution is 8.16. The summed E-state index contributed by atoms with van der Waals surface area (Å²) in [6.07, 6.45) is 0.152. The number of methoxy groups -OCH3 is 2. The molecular weight excluding hydrogens is 542 g/mol. The molecule has 1 saturated heterocycles. The van der Waals surface area contributed by atoms with E-state index < -0.39 is 6.04 Å². The number of rotatable bonds is 7. The first kappa shape index (κ1) is 28.3. The molecule has 3 amide bonds. The number of nitrogens with zero attached hydrogens (tertiary/aromatic N) is 4. The van der Waals surface area contributed by atoms with Crippen molar-refractivity contribution in [3.63, 3.8) is 0 Å². The molecule has 0 saturated carbocycles. The van der Waals surface area contributed by atoms with Crippen molar-refractivity contribution in [1.82, 2.24) is 14.7 Å². The summed E-state index contributed by atoms with van der Waals surface area (Å²) in [6.45, 7) is 5.41. The number of ether oxygens (including phenoxy) is 2. The maximum atomic E-state index is 13.9. The second-order valence-electron chi connectivity index (χ2n) is 9.92. The molecule has 0 spiro atoms. The standard InChI is InChI=1S/C30H33N5O5S/c1-19-27(29(38)32-22-8-10-24(39-3)11-9-22)28(21-6-5-7-25(16-21)40-4)35-23(18-41-30(35)31-19)17-26(37)34-14-12-33(13-15-34)20(2)36/h5-11,16,18,28H,12-15,17H2,1-4H3,(H,32,38)/t28-/m1/s1. The smallest absolute Gasteiger partial charge is 0.255 e. The van der Waals surface area contributed by atoms with E-state index in [4.69, 9.17) is 14.5 Å². The molecular formula is C30H33N5O5S. The van der Waals surface area contributed by atoms with Crippen LogP contribution in [0.15, 0.2) is 75.9 Å². The zero-order chi connectivity index (χ0) is 29.1. The average Bonchev–Trinajstić information content (AvgIpc) is 3.38. The van der Waals surface area contributed by atoms with Gasteiger partial charge in [-0.2, -0.15) is 0 Å². The van der Waals surface area contributed by atoms with Gasteiger partial charge in [0.25, 0.3) is 5.91 Å². The van der Waals surface area contributed by atoms with Crippen molar-refractivity contribution in [1.29, 1.82) is 0 Å². The van der Waals surface area contributed by atoms with Crippen molar-refractivity contribution < 1.29 is 23.9 Å². The highest BCUT2D eigenvalue weighted by Crippen LogP contribution is 2.45. The summed E-state index contributed by atoms with van der Waals surface area (Å²) in [6, 6.07) is 14.2. The lowest BCUT2D eigenvalue weighted by Crippen LogP contribution is -2.50. The van der Waals surface area contributed by atoms with Gasteiger partial charge in [-0.1, -0.05) is 23.9 Å². The molecule has 0 aromatic heterocycles. The third kappa shape index (κ3) is 5.95. The van der Waals surface area contributed by atoms with E-state index >= 15 is 0 Å². The van der Waals surface area contributed by atoms with Crippen LogP contribution in [0.25, 0.3) is 0 Å². The Morgan fingerprint density at radius 3 is 2.32 bits per heavy atom. The number of amides is 3. The van der Waals surface area contributed by atoms with Crippen molar-refractivity contribution in [2.24, 2.45) is 4.99 Å². The topological polar surface area (TPSA) is 104 Å². The number of aliphatic imine (C=N–C) groups is 1. The Labute approximate surface area is 243 Å². The molecule has 1 N–H and O–H groups in total. The molecule has 0 unspecified atom stereocenters. The number of amidine groups is 1. The fraction of sp³-hybridized carbons (Fsp3) is 0.333. The van der Waals surface area contributed by atoms with Crippen LogP contribution in [-0.4, -0.2) is 78.0 Å². The molecule has 1 fully saturated rings. The highest BCUT2D eigenvalue weighted by atomic mass is 32.2. The van der Waals surface area contributed by atoms with Crippen molar-refractivity contribution >= 4 is 40.3 Å². The van der Waals surface area contributed by atoms with Crippen molar-refractivity contribution in [3.05, 3.63) is 76.5 Å². The monoisotopic (exact) mass is 575 g/mol. The van der Waals surface area contributed by atoms with E-state index in [0.29, 0.717) is 59.8 Å². The number of nitrogens with one attached hydrogen (secondary N) is 1.